The van der Waals surface area contributed by atoms with Gasteiger partial charge in [0.25, 0.3) is 0 Å². The van der Waals surface area contributed by atoms with Crippen molar-refractivity contribution < 1.29 is 9.63 Å². The van der Waals surface area contributed by atoms with E-state index in [0.29, 0.717) is 35.6 Å². The van der Waals surface area contributed by atoms with Crippen molar-refractivity contribution in [2.24, 2.45) is 40.4 Å². The van der Waals surface area contributed by atoms with Gasteiger partial charge < -0.3 is 5.32 Å². The number of hydroxylamine groups is 1. The highest BCUT2D eigenvalue weighted by Gasteiger charge is 2.61. The van der Waals surface area contributed by atoms with Crippen molar-refractivity contribution in [3.63, 3.8) is 0 Å². The van der Waals surface area contributed by atoms with Gasteiger partial charge in [0.1, 0.15) is 5.78 Å². The first kappa shape index (κ1) is 19.4. The summed E-state index contributed by atoms with van der Waals surface area (Å²) in [5.74, 6) is 4.05. The summed E-state index contributed by atoms with van der Waals surface area (Å²) in [5, 5.41) is 3.11. The lowest BCUT2D eigenvalue weighted by atomic mass is 9.44. The fourth-order valence-corrected chi connectivity index (χ4v) is 7.37. The number of likely N-dealkylation sites (N-methyl/N-ethyl adjacent to an activating group) is 1. The summed E-state index contributed by atoms with van der Waals surface area (Å²) in [4.78, 5) is 18.3. The van der Waals surface area contributed by atoms with Crippen LogP contribution in [0.3, 0.4) is 0 Å². The lowest BCUT2D eigenvalue weighted by Gasteiger charge is -2.61. The first-order valence-electron chi connectivity index (χ1n) is 11.2. The molecular formula is C23H38N2O2. The average Bonchev–Trinajstić information content (AvgIpc) is 2.95. The van der Waals surface area contributed by atoms with Crippen LogP contribution >= 0.6 is 0 Å². The second kappa shape index (κ2) is 7.18. The average molecular weight is 375 g/mol. The lowest BCUT2D eigenvalue weighted by molar-refractivity contribution is -0.140. The Bertz CT molecular complexity index is 617. The molecule has 2 unspecified atom stereocenters. The minimum atomic E-state index is -0.0169. The summed E-state index contributed by atoms with van der Waals surface area (Å²) in [6.07, 6.45) is 10.4. The van der Waals surface area contributed by atoms with Gasteiger partial charge in [-0.2, -0.15) is 0 Å². The number of hydrogen-bond donors (Lipinski definition) is 2. The maximum absolute atomic E-state index is 12.6. The Labute approximate surface area is 164 Å². The number of nitrogens with one attached hydrogen (secondary N) is 2. The molecule has 0 amide bonds. The molecule has 4 aliphatic carbocycles. The zero-order chi connectivity index (χ0) is 19.2. The summed E-state index contributed by atoms with van der Waals surface area (Å²) < 4.78 is 0. The van der Waals surface area contributed by atoms with Crippen LogP contribution in [0.4, 0.5) is 0 Å². The Morgan fingerprint density at radius 3 is 2.78 bits per heavy atom. The van der Waals surface area contributed by atoms with E-state index in [1.165, 1.54) is 25.0 Å². The first-order valence-corrected chi connectivity index (χ1v) is 11.2. The number of fused-ring (bicyclic) bond motifs is 5. The van der Waals surface area contributed by atoms with Crippen molar-refractivity contribution in [1.29, 1.82) is 0 Å². The molecule has 4 heteroatoms. The molecule has 0 aromatic carbocycles. The molecule has 4 nitrogen and oxygen atoms in total. The molecule has 7 atom stereocenters. The summed E-state index contributed by atoms with van der Waals surface area (Å²) in [7, 11) is 1.95. The Morgan fingerprint density at radius 1 is 1.19 bits per heavy atom. The van der Waals surface area contributed by atoms with Crippen LogP contribution in [0.2, 0.25) is 0 Å². The second-order valence-electron chi connectivity index (χ2n) is 10.3. The maximum atomic E-state index is 12.6. The van der Waals surface area contributed by atoms with E-state index in [9.17, 15) is 4.79 Å². The molecule has 152 valence electrons. The van der Waals surface area contributed by atoms with Crippen LogP contribution in [-0.2, 0) is 9.63 Å². The van der Waals surface area contributed by atoms with E-state index in [1.807, 2.05) is 7.05 Å². The zero-order valence-corrected chi connectivity index (χ0v) is 17.6. The van der Waals surface area contributed by atoms with Crippen molar-refractivity contribution in [2.45, 2.75) is 65.7 Å². The third-order valence-corrected chi connectivity index (χ3v) is 9.01. The topological polar surface area (TPSA) is 50.4 Å². The van der Waals surface area contributed by atoms with Gasteiger partial charge in [-0.05, 0) is 80.6 Å². The molecule has 0 aromatic rings. The number of carbonyl (C=O) groups excluding carboxylic acids is 1. The smallest absolute Gasteiger partial charge is 0.139 e. The molecular weight excluding hydrogens is 336 g/mol. The van der Waals surface area contributed by atoms with Crippen molar-refractivity contribution >= 4 is 5.78 Å². The number of ketones is 1. The second-order valence-corrected chi connectivity index (χ2v) is 10.3. The van der Waals surface area contributed by atoms with Crippen LogP contribution in [0.15, 0.2) is 11.8 Å². The molecule has 0 spiro atoms. The third-order valence-electron chi connectivity index (χ3n) is 9.01. The van der Waals surface area contributed by atoms with Crippen LogP contribution in [0.5, 0.6) is 0 Å². The van der Waals surface area contributed by atoms with E-state index in [2.05, 4.69) is 37.6 Å². The SMILES string of the molecule is CNCCONC1=CC2CC(C)[C@@H]3[C@@H](CC[C@]4(C)C(=O)CC[C@@H]34)[C@@]2(C)CC1. The van der Waals surface area contributed by atoms with Crippen molar-refractivity contribution in [3.05, 3.63) is 11.8 Å². The van der Waals surface area contributed by atoms with Crippen LogP contribution < -0.4 is 10.8 Å². The minimum Gasteiger partial charge on any atom is -0.317 e. The molecule has 2 N–H and O–H groups in total. The van der Waals surface area contributed by atoms with Gasteiger partial charge in [-0.1, -0.05) is 26.8 Å². The van der Waals surface area contributed by atoms with Gasteiger partial charge in [0, 0.05) is 24.1 Å². The minimum absolute atomic E-state index is 0.0169. The number of carbonyl (C=O) groups is 1. The predicted octanol–water partition coefficient (Wildman–Crippen LogP) is 4.08. The van der Waals surface area contributed by atoms with E-state index in [-0.39, 0.29) is 5.41 Å². The fraction of sp³-hybridized carbons (Fsp3) is 0.870. The molecule has 0 saturated heterocycles. The van der Waals surface area contributed by atoms with Gasteiger partial charge >= 0.3 is 0 Å². The highest BCUT2D eigenvalue weighted by atomic mass is 16.6. The molecule has 27 heavy (non-hydrogen) atoms. The predicted molar refractivity (Wildman–Crippen MR) is 108 cm³/mol. The van der Waals surface area contributed by atoms with E-state index < -0.39 is 0 Å². The van der Waals surface area contributed by atoms with E-state index in [4.69, 9.17) is 4.84 Å². The van der Waals surface area contributed by atoms with Crippen molar-refractivity contribution in [3.8, 4) is 0 Å². The molecule has 0 aliphatic heterocycles. The van der Waals surface area contributed by atoms with E-state index >= 15 is 0 Å². The van der Waals surface area contributed by atoms with Crippen LogP contribution in [-0.4, -0.2) is 26.0 Å². The summed E-state index contributed by atoms with van der Waals surface area (Å²) in [5.41, 5.74) is 4.87. The Hall–Kier alpha value is -0.870. The van der Waals surface area contributed by atoms with Crippen molar-refractivity contribution in [1.82, 2.24) is 10.8 Å². The zero-order valence-electron chi connectivity index (χ0n) is 17.6. The Kier molecular flexibility index (Phi) is 5.17. The Balaban J connectivity index is 1.52. The van der Waals surface area contributed by atoms with Gasteiger partial charge in [0.2, 0.25) is 0 Å². The number of rotatable bonds is 5. The summed E-state index contributed by atoms with van der Waals surface area (Å²) >= 11 is 0. The molecule has 0 heterocycles. The summed E-state index contributed by atoms with van der Waals surface area (Å²) in [6.45, 7) is 8.85. The lowest BCUT2D eigenvalue weighted by Crippen LogP contribution is -2.55. The number of Topliss-reactive ketones (excluding diaryl/α,β-unsaturated/α-hetero) is 1. The van der Waals surface area contributed by atoms with Gasteiger partial charge in [-0.25, -0.2) is 0 Å². The van der Waals surface area contributed by atoms with E-state index in [0.717, 1.165) is 44.1 Å². The third kappa shape index (κ3) is 3.07. The van der Waals surface area contributed by atoms with E-state index in [1.54, 1.807) is 0 Å². The standard InChI is InChI=1S/C23H38N2O2/c1-15-13-16-14-17(25-27-12-11-24-4)7-9-22(16,2)19-8-10-23(3)18(21(15)19)5-6-20(23)26/h14-16,18-19,21,24-25H,5-13H2,1-4H3/t15?,16?,18-,19+,21-,22-,23-/m0/s1. The molecule has 4 rings (SSSR count). The fourth-order valence-electron chi connectivity index (χ4n) is 7.37. The molecule has 0 radical (unpaired) electrons. The van der Waals surface area contributed by atoms with Gasteiger partial charge in [-0.3, -0.25) is 15.1 Å². The largest absolute Gasteiger partial charge is 0.317 e. The monoisotopic (exact) mass is 374 g/mol. The van der Waals surface area contributed by atoms with Crippen LogP contribution in [0, 0.1) is 40.4 Å². The molecule has 4 aliphatic rings. The highest BCUT2D eigenvalue weighted by molar-refractivity contribution is 5.87. The molecule has 0 aromatic heterocycles. The van der Waals surface area contributed by atoms with Gasteiger partial charge in [0.05, 0.1) is 6.61 Å². The Morgan fingerprint density at radius 2 is 2.00 bits per heavy atom. The van der Waals surface area contributed by atoms with Gasteiger partial charge in [-0.15, -0.1) is 0 Å². The maximum Gasteiger partial charge on any atom is 0.139 e. The normalized spacial score (nSPS) is 46.3. The molecule has 0 bridgehead atoms. The molecule has 3 saturated carbocycles. The number of hydrogen-bond acceptors (Lipinski definition) is 4. The highest BCUT2D eigenvalue weighted by Crippen LogP contribution is 2.66. The van der Waals surface area contributed by atoms with Crippen LogP contribution in [0.25, 0.3) is 0 Å². The number of allylic oxidation sites excluding steroid dienone is 2. The van der Waals surface area contributed by atoms with Crippen LogP contribution in [0.1, 0.15) is 65.7 Å². The molecule has 3 fully saturated rings. The van der Waals surface area contributed by atoms with Gasteiger partial charge in [0.15, 0.2) is 0 Å². The summed E-state index contributed by atoms with van der Waals surface area (Å²) in [6, 6.07) is 0. The first-order chi connectivity index (χ1) is 12.9. The van der Waals surface area contributed by atoms with Crippen molar-refractivity contribution in [2.75, 3.05) is 20.2 Å². The quantitative estimate of drug-likeness (QED) is 0.562.